The summed E-state index contributed by atoms with van der Waals surface area (Å²) in [4.78, 5) is 27.1. The fraction of sp³-hybridized carbons (Fsp3) is 0.750. The van der Waals surface area contributed by atoms with Crippen molar-refractivity contribution in [2.24, 2.45) is 10.8 Å². The average molecular weight is 315 g/mol. The molecule has 0 aliphatic carbocycles. The van der Waals surface area contributed by atoms with Gasteiger partial charge in [0.1, 0.15) is 12.1 Å². The van der Waals surface area contributed by atoms with Crippen LogP contribution in [-0.4, -0.2) is 35.3 Å². The van der Waals surface area contributed by atoms with Crippen LogP contribution in [0.3, 0.4) is 0 Å². The van der Waals surface area contributed by atoms with Crippen molar-refractivity contribution in [3.63, 3.8) is 0 Å². The largest absolute Gasteiger partial charge is 0.342 e. The van der Waals surface area contributed by atoms with Crippen molar-refractivity contribution in [3.8, 4) is 0 Å². The van der Waals surface area contributed by atoms with Crippen LogP contribution < -0.4 is 5.32 Å². The minimum Gasteiger partial charge on any atom is -0.342 e. The standard InChI is InChI=1S/C16H27ClN2O2/c1-10(8-17)9-19-12(16(5,6)7)13(20)18-11(14(19)21)15(2,3)4/h8,11-12H,9H2,1-7H3,(H,18,20). The number of nitrogens with zero attached hydrogens (tertiary/aromatic N) is 1. The first-order valence-corrected chi connectivity index (χ1v) is 7.70. The van der Waals surface area contributed by atoms with Gasteiger partial charge in [0.25, 0.3) is 0 Å². The second-order valence-corrected chi connectivity index (χ2v) is 8.22. The lowest BCUT2D eigenvalue weighted by molar-refractivity contribution is -0.156. The molecule has 0 bridgehead atoms. The van der Waals surface area contributed by atoms with Crippen LogP contribution in [0.4, 0.5) is 0 Å². The zero-order valence-electron chi connectivity index (χ0n) is 14.1. The quantitative estimate of drug-likeness (QED) is 0.852. The normalized spacial score (nSPS) is 25.1. The van der Waals surface area contributed by atoms with E-state index >= 15 is 0 Å². The lowest BCUT2D eigenvalue weighted by Crippen LogP contribution is -2.69. The molecule has 2 atom stereocenters. The minimum absolute atomic E-state index is 0.0418. The molecule has 120 valence electrons. The highest BCUT2D eigenvalue weighted by Gasteiger charge is 2.48. The van der Waals surface area contributed by atoms with Crippen molar-refractivity contribution in [1.29, 1.82) is 0 Å². The zero-order chi connectivity index (χ0) is 16.6. The Bertz CT molecular complexity index is 458. The van der Waals surface area contributed by atoms with E-state index in [1.54, 1.807) is 4.90 Å². The molecule has 1 rings (SSSR count). The summed E-state index contributed by atoms with van der Waals surface area (Å²) in [5, 5.41) is 2.90. The molecule has 1 heterocycles. The van der Waals surface area contributed by atoms with Gasteiger partial charge in [0.2, 0.25) is 11.8 Å². The number of rotatable bonds is 2. The number of hydrogen-bond acceptors (Lipinski definition) is 2. The van der Waals surface area contributed by atoms with Gasteiger partial charge in [0, 0.05) is 12.1 Å². The van der Waals surface area contributed by atoms with E-state index < -0.39 is 12.1 Å². The van der Waals surface area contributed by atoms with Crippen molar-refractivity contribution in [3.05, 3.63) is 11.1 Å². The number of amides is 2. The lowest BCUT2D eigenvalue weighted by atomic mass is 9.78. The highest BCUT2D eigenvalue weighted by molar-refractivity contribution is 6.25. The van der Waals surface area contributed by atoms with E-state index in [0.29, 0.717) is 6.54 Å². The molecule has 1 N–H and O–H groups in total. The Kier molecular flexibility index (Phi) is 5.14. The van der Waals surface area contributed by atoms with Crippen molar-refractivity contribution in [1.82, 2.24) is 10.2 Å². The predicted molar refractivity (Wildman–Crippen MR) is 86.0 cm³/mol. The molecule has 21 heavy (non-hydrogen) atoms. The van der Waals surface area contributed by atoms with Gasteiger partial charge in [-0.2, -0.15) is 0 Å². The first-order chi connectivity index (χ1) is 9.39. The predicted octanol–water partition coefficient (Wildman–Crippen LogP) is 2.92. The van der Waals surface area contributed by atoms with E-state index in [1.165, 1.54) is 5.54 Å². The van der Waals surface area contributed by atoms with Gasteiger partial charge < -0.3 is 10.2 Å². The molecular formula is C16H27ClN2O2. The van der Waals surface area contributed by atoms with E-state index in [4.69, 9.17) is 11.6 Å². The second kappa shape index (κ2) is 5.99. The SMILES string of the molecule is CC(=CCl)CN1C(=O)C(C(C)(C)C)NC(=O)C1C(C)(C)C. The van der Waals surface area contributed by atoms with Gasteiger partial charge in [-0.15, -0.1) is 0 Å². The number of hydrogen-bond donors (Lipinski definition) is 1. The van der Waals surface area contributed by atoms with Crippen LogP contribution in [0.1, 0.15) is 48.5 Å². The van der Waals surface area contributed by atoms with Crippen LogP contribution in [0.2, 0.25) is 0 Å². The molecule has 1 saturated heterocycles. The Morgan fingerprint density at radius 1 is 1.19 bits per heavy atom. The Balaban J connectivity index is 3.24. The van der Waals surface area contributed by atoms with E-state index in [0.717, 1.165) is 5.57 Å². The fourth-order valence-electron chi connectivity index (χ4n) is 2.64. The van der Waals surface area contributed by atoms with Gasteiger partial charge in [-0.3, -0.25) is 9.59 Å². The van der Waals surface area contributed by atoms with Gasteiger partial charge in [-0.25, -0.2) is 0 Å². The molecule has 2 amide bonds. The molecule has 0 aromatic carbocycles. The molecule has 4 nitrogen and oxygen atoms in total. The number of halogens is 1. The summed E-state index contributed by atoms with van der Waals surface area (Å²) in [6.07, 6.45) is 0. The molecule has 5 heteroatoms. The number of nitrogens with one attached hydrogen (secondary N) is 1. The lowest BCUT2D eigenvalue weighted by Gasteiger charge is -2.47. The summed E-state index contributed by atoms with van der Waals surface area (Å²) in [6, 6.07) is -0.998. The van der Waals surface area contributed by atoms with Crippen LogP contribution in [0, 0.1) is 10.8 Å². The maximum absolute atomic E-state index is 12.9. The molecular weight excluding hydrogens is 288 g/mol. The smallest absolute Gasteiger partial charge is 0.246 e. The average Bonchev–Trinajstić information content (AvgIpc) is 2.29. The molecule has 1 aliphatic heterocycles. The van der Waals surface area contributed by atoms with Crippen molar-refractivity contribution < 1.29 is 9.59 Å². The molecule has 0 aromatic rings. The summed E-state index contributed by atoms with van der Waals surface area (Å²) in [7, 11) is 0. The van der Waals surface area contributed by atoms with Gasteiger partial charge in [-0.05, 0) is 23.3 Å². The third kappa shape index (κ3) is 4.00. The summed E-state index contributed by atoms with van der Waals surface area (Å²) in [6.45, 7) is 14.0. The van der Waals surface area contributed by atoms with Crippen LogP contribution in [-0.2, 0) is 9.59 Å². The summed E-state index contributed by atoms with van der Waals surface area (Å²) < 4.78 is 0. The van der Waals surface area contributed by atoms with E-state index in [2.05, 4.69) is 5.32 Å². The Morgan fingerprint density at radius 3 is 2.10 bits per heavy atom. The summed E-state index contributed by atoms with van der Waals surface area (Å²) in [5.74, 6) is -0.135. The van der Waals surface area contributed by atoms with Crippen LogP contribution in [0.15, 0.2) is 11.1 Å². The summed E-state index contributed by atoms with van der Waals surface area (Å²) in [5.41, 5.74) is 1.66. The van der Waals surface area contributed by atoms with Gasteiger partial charge in [-0.1, -0.05) is 53.1 Å². The maximum atomic E-state index is 12.9. The topological polar surface area (TPSA) is 49.4 Å². The Morgan fingerprint density at radius 2 is 1.71 bits per heavy atom. The maximum Gasteiger partial charge on any atom is 0.246 e. The Labute approximate surface area is 132 Å². The molecule has 1 aliphatic rings. The molecule has 0 spiro atoms. The van der Waals surface area contributed by atoms with Gasteiger partial charge in [0.15, 0.2) is 0 Å². The third-order valence-corrected chi connectivity index (χ3v) is 4.04. The van der Waals surface area contributed by atoms with Crippen LogP contribution >= 0.6 is 11.6 Å². The zero-order valence-corrected chi connectivity index (χ0v) is 14.8. The molecule has 0 aromatic heterocycles. The van der Waals surface area contributed by atoms with Crippen molar-refractivity contribution >= 4 is 23.4 Å². The molecule has 0 saturated carbocycles. The van der Waals surface area contributed by atoms with Gasteiger partial charge >= 0.3 is 0 Å². The van der Waals surface area contributed by atoms with Crippen LogP contribution in [0.5, 0.6) is 0 Å². The van der Waals surface area contributed by atoms with E-state index in [-0.39, 0.29) is 22.6 Å². The van der Waals surface area contributed by atoms with Gasteiger partial charge in [0.05, 0.1) is 0 Å². The highest BCUT2D eigenvalue weighted by Crippen LogP contribution is 2.32. The van der Waals surface area contributed by atoms with E-state index in [1.807, 2.05) is 48.5 Å². The van der Waals surface area contributed by atoms with E-state index in [9.17, 15) is 9.59 Å². The van der Waals surface area contributed by atoms with Crippen LogP contribution in [0.25, 0.3) is 0 Å². The molecule has 0 radical (unpaired) electrons. The highest BCUT2D eigenvalue weighted by atomic mass is 35.5. The van der Waals surface area contributed by atoms with Crippen molar-refractivity contribution in [2.75, 3.05) is 6.54 Å². The number of piperazine rings is 1. The first kappa shape index (κ1) is 18.0. The van der Waals surface area contributed by atoms with Crippen molar-refractivity contribution in [2.45, 2.75) is 60.5 Å². The monoisotopic (exact) mass is 314 g/mol. The second-order valence-electron chi connectivity index (χ2n) is 8.00. The fourth-order valence-corrected chi connectivity index (χ4v) is 2.71. The Hall–Kier alpha value is -1.03. The molecule has 1 fully saturated rings. The molecule has 2 unspecified atom stereocenters. The number of carbonyl (C=O) groups excluding carboxylic acids is 2. The minimum atomic E-state index is -0.508. The number of carbonyl (C=O) groups is 2. The summed E-state index contributed by atoms with van der Waals surface area (Å²) >= 11 is 5.74. The third-order valence-electron chi connectivity index (χ3n) is 3.67. The first-order valence-electron chi connectivity index (χ1n) is 7.26.